The van der Waals surface area contributed by atoms with Crippen molar-refractivity contribution in [2.24, 2.45) is 0 Å². The van der Waals surface area contributed by atoms with Crippen LogP contribution < -0.4 is 5.73 Å². The summed E-state index contributed by atoms with van der Waals surface area (Å²) in [5.74, 6) is 0.682. The molecule has 100 valence electrons. The molecular formula is C16H19NOS. The summed E-state index contributed by atoms with van der Waals surface area (Å²) < 4.78 is 12.1. The summed E-state index contributed by atoms with van der Waals surface area (Å²) in [5.41, 5.74) is 7.79. The lowest BCUT2D eigenvalue weighted by molar-refractivity contribution is 0.677. The van der Waals surface area contributed by atoms with E-state index in [9.17, 15) is 4.21 Å². The Labute approximate surface area is 117 Å². The van der Waals surface area contributed by atoms with Crippen molar-refractivity contribution in [2.45, 2.75) is 24.2 Å². The van der Waals surface area contributed by atoms with E-state index >= 15 is 0 Å². The highest BCUT2D eigenvalue weighted by Gasteiger charge is 2.06. The van der Waals surface area contributed by atoms with Gasteiger partial charge in [0.2, 0.25) is 0 Å². The predicted octanol–water partition coefficient (Wildman–Crippen LogP) is 3.40. The number of unbranched alkanes of at least 4 members (excludes halogenated alkanes) is 1. The Hall–Kier alpha value is -1.61. The van der Waals surface area contributed by atoms with E-state index in [1.807, 2.05) is 24.3 Å². The molecule has 0 saturated heterocycles. The number of rotatable bonds is 6. The van der Waals surface area contributed by atoms with Gasteiger partial charge >= 0.3 is 0 Å². The first-order valence-electron chi connectivity index (χ1n) is 6.54. The average molecular weight is 273 g/mol. The monoisotopic (exact) mass is 273 g/mol. The molecule has 0 amide bonds. The zero-order valence-electron chi connectivity index (χ0n) is 10.9. The first kappa shape index (κ1) is 13.8. The molecule has 2 aromatic rings. The molecular weight excluding hydrogens is 254 g/mol. The first-order chi connectivity index (χ1) is 9.27. The zero-order valence-corrected chi connectivity index (χ0v) is 11.7. The van der Waals surface area contributed by atoms with Crippen LogP contribution in [-0.2, 0) is 17.2 Å². The quantitative estimate of drug-likeness (QED) is 0.647. The molecule has 0 aliphatic carbocycles. The number of aryl methyl sites for hydroxylation is 1. The average Bonchev–Trinajstić information content (AvgIpc) is 2.45. The van der Waals surface area contributed by atoms with Gasteiger partial charge in [0.15, 0.2) is 0 Å². The summed E-state index contributed by atoms with van der Waals surface area (Å²) in [7, 11) is -0.978. The predicted molar refractivity (Wildman–Crippen MR) is 81.5 cm³/mol. The number of nitrogen functional groups attached to an aromatic ring is 1. The highest BCUT2D eigenvalue weighted by Crippen LogP contribution is 2.16. The number of para-hydroxylation sites is 1. The minimum atomic E-state index is -0.978. The molecule has 0 spiro atoms. The van der Waals surface area contributed by atoms with Crippen LogP contribution in [0.5, 0.6) is 0 Å². The van der Waals surface area contributed by atoms with E-state index in [0.29, 0.717) is 11.4 Å². The number of benzene rings is 2. The highest BCUT2D eigenvalue weighted by molar-refractivity contribution is 7.85. The summed E-state index contributed by atoms with van der Waals surface area (Å²) in [6.07, 6.45) is 3.06. The number of hydrogen-bond donors (Lipinski definition) is 1. The Bertz CT molecular complexity index is 539. The molecule has 0 aliphatic rings. The molecule has 0 aliphatic heterocycles. The van der Waals surface area contributed by atoms with Gasteiger partial charge in [0, 0.05) is 11.4 Å². The van der Waals surface area contributed by atoms with Crippen molar-refractivity contribution in [3.05, 3.63) is 60.2 Å². The lowest BCUT2D eigenvalue weighted by Crippen LogP contribution is -2.02. The number of nitrogens with two attached hydrogens (primary N) is 1. The molecule has 2 N–H and O–H groups in total. The van der Waals surface area contributed by atoms with Crippen LogP contribution in [0.3, 0.4) is 0 Å². The zero-order chi connectivity index (χ0) is 13.5. The Morgan fingerprint density at radius 2 is 1.58 bits per heavy atom. The van der Waals surface area contributed by atoms with Crippen LogP contribution in [-0.4, -0.2) is 9.96 Å². The molecule has 2 aromatic carbocycles. The topological polar surface area (TPSA) is 43.1 Å². The molecule has 2 rings (SSSR count). The van der Waals surface area contributed by atoms with Gasteiger partial charge < -0.3 is 5.73 Å². The van der Waals surface area contributed by atoms with Crippen LogP contribution in [0.25, 0.3) is 0 Å². The molecule has 1 unspecified atom stereocenters. The Kier molecular flexibility index (Phi) is 5.16. The second kappa shape index (κ2) is 7.10. The fourth-order valence-electron chi connectivity index (χ4n) is 2.00. The SMILES string of the molecule is Nc1ccccc1S(=O)CCCCc1ccccc1. The molecule has 0 aromatic heterocycles. The van der Waals surface area contributed by atoms with E-state index in [1.54, 1.807) is 6.07 Å². The Balaban J connectivity index is 1.77. The largest absolute Gasteiger partial charge is 0.398 e. The van der Waals surface area contributed by atoms with Crippen LogP contribution in [0.15, 0.2) is 59.5 Å². The summed E-state index contributed by atoms with van der Waals surface area (Å²) >= 11 is 0. The van der Waals surface area contributed by atoms with Crippen molar-refractivity contribution in [3.8, 4) is 0 Å². The summed E-state index contributed by atoms with van der Waals surface area (Å²) in [6, 6.07) is 17.8. The van der Waals surface area contributed by atoms with Crippen LogP contribution >= 0.6 is 0 Å². The van der Waals surface area contributed by atoms with Gasteiger partial charge in [-0.05, 0) is 37.0 Å². The summed E-state index contributed by atoms with van der Waals surface area (Å²) in [4.78, 5) is 0.766. The highest BCUT2D eigenvalue weighted by atomic mass is 32.2. The third-order valence-electron chi connectivity index (χ3n) is 3.05. The second-order valence-electron chi connectivity index (χ2n) is 4.53. The summed E-state index contributed by atoms with van der Waals surface area (Å²) in [6.45, 7) is 0. The maximum absolute atomic E-state index is 12.1. The van der Waals surface area contributed by atoms with Crippen molar-refractivity contribution in [2.75, 3.05) is 11.5 Å². The van der Waals surface area contributed by atoms with Crippen molar-refractivity contribution in [1.29, 1.82) is 0 Å². The van der Waals surface area contributed by atoms with E-state index in [-0.39, 0.29) is 0 Å². The van der Waals surface area contributed by atoms with E-state index in [0.717, 1.165) is 24.2 Å². The van der Waals surface area contributed by atoms with Gasteiger partial charge in [-0.3, -0.25) is 4.21 Å². The van der Waals surface area contributed by atoms with Crippen LogP contribution in [0.2, 0.25) is 0 Å². The molecule has 1 atom stereocenters. The number of anilines is 1. The smallest absolute Gasteiger partial charge is 0.0617 e. The minimum absolute atomic E-state index is 0.629. The number of hydrogen-bond acceptors (Lipinski definition) is 2. The van der Waals surface area contributed by atoms with Crippen LogP contribution in [0.4, 0.5) is 5.69 Å². The van der Waals surface area contributed by atoms with Crippen molar-refractivity contribution >= 4 is 16.5 Å². The second-order valence-corrected chi connectivity index (χ2v) is 6.07. The van der Waals surface area contributed by atoms with E-state index in [1.165, 1.54) is 5.56 Å². The molecule has 0 bridgehead atoms. The standard InChI is InChI=1S/C16H19NOS/c17-15-11-4-5-12-16(15)19(18)13-7-6-10-14-8-2-1-3-9-14/h1-5,8-9,11-12H,6-7,10,13,17H2. The van der Waals surface area contributed by atoms with Gasteiger partial charge in [-0.15, -0.1) is 0 Å². The van der Waals surface area contributed by atoms with E-state index in [4.69, 9.17) is 5.73 Å². The van der Waals surface area contributed by atoms with Crippen molar-refractivity contribution < 1.29 is 4.21 Å². The molecule has 0 fully saturated rings. The van der Waals surface area contributed by atoms with Gasteiger partial charge in [-0.2, -0.15) is 0 Å². The molecule has 2 nitrogen and oxygen atoms in total. The van der Waals surface area contributed by atoms with Crippen molar-refractivity contribution in [3.63, 3.8) is 0 Å². The third-order valence-corrected chi connectivity index (χ3v) is 4.57. The third kappa shape index (κ3) is 4.21. The Morgan fingerprint density at radius 1 is 0.895 bits per heavy atom. The Morgan fingerprint density at radius 3 is 2.32 bits per heavy atom. The maximum atomic E-state index is 12.1. The molecule has 19 heavy (non-hydrogen) atoms. The minimum Gasteiger partial charge on any atom is -0.398 e. The maximum Gasteiger partial charge on any atom is 0.0617 e. The molecule has 3 heteroatoms. The van der Waals surface area contributed by atoms with Gasteiger partial charge in [0.1, 0.15) is 0 Å². The van der Waals surface area contributed by atoms with Gasteiger partial charge in [0.05, 0.1) is 15.7 Å². The molecule has 0 heterocycles. The van der Waals surface area contributed by atoms with Gasteiger partial charge in [-0.1, -0.05) is 42.5 Å². The van der Waals surface area contributed by atoms with Gasteiger partial charge in [-0.25, -0.2) is 0 Å². The van der Waals surface area contributed by atoms with E-state index in [2.05, 4.69) is 24.3 Å². The first-order valence-corrected chi connectivity index (χ1v) is 7.86. The van der Waals surface area contributed by atoms with Gasteiger partial charge in [0.25, 0.3) is 0 Å². The van der Waals surface area contributed by atoms with Crippen molar-refractivity contribution in [1.82, 2.24) is 0 Å². The molecule has 0 radical (unpaired) electrons. The fourth-order valence-corrected chi connectivity index (χ4v) is 3.25. The summed E-state index contributed by atoms with van der Waals surface area (Å²) in [5, 5.41) is 0. The normalized spacial score (nSPS) is 12.2. The van der Waals surface area contributed by atoms with Crippen LogP contribution in [0, 0.1) is 0 Å². The fraction of sp³-hybridized carbons (Fsp3) is 0.250. The van der Waals surface area contributed by atoms with E-state index < -0.39 is 10.8 Å². The van der Waals surface area contributed by atoms with Crippen LogP contribution in [0.1, 0.15) is 18.4 Å². The lowest BCUT2D eigenvalue weighted by Gasteiger charge is -2.05. The lowest BCUT2D eigenvalue weighted by atomic mass is 10.1. The molecule has 0 saturated carbocycles.